The zero-order chi connectivity index (χ0) is 33.9. The van der Waals surface area contributed by atoms with E-state index in [4.69, 9.17) is 24.3 Å². The van der Waals surface area contributed by atoms with Gasteiger partial charge in [-0.1, -0.05) is 57.4 Å². The van der Waals surface area contributed by atoms with E-state index in [2.05, 4.69) is 36.8 Å². The minimum Gasteiger partial charge on any atom is -0.494 e. The van der Waals surface area contributed by atoms with Crippen molar-refractivity contribution in [2.45, 2.75) is 63.7 Å². The number of aliphatic hydroxyl groups is 1. The van der Waals surface area contributed by atoms with Crippen LogP contribution in [0.25, 0.3) is 10.4 Å². The first-order valence-electron chi connectivity index (χ1n) is 15.3. The van der Waals surface area contributed by atoms with Gasteiger partial charge in [0.2, 0.25) is 5.90 Å². The van der Waals surface area contributed by atoms with Crippen LogP contribution < -0.4 is 15.6 Å². The molecule has 0 saturated heterocycles. The third-order valence-electron chi connectivity index (χ3n) is 7.19. The van der Waals surface area contributed by atoms with Gasteiger partial charge in [0.1, 0.15) is 11.4 Å². The van der Waals surface area contributed by atoms with Gasteiger partial charge in [-0.2, -0.15) is 0 Å². The Labute approximate surface area is 282 Å². The Hall–Kier alpha value is -4.42. The molecule has 1 aliphatic rings. The van der Waals surface area contributed by atoms with Gasteiger partial charge in [-0.3, -0.25) is 15.0 Å². The van der Waals surface area contributed by atoms with E-state index >= 15 is 0 Å². The number of amides is 1. The molecule has 0 saturated carbocycles. The summed E-state index contributed by atoms with van der Waals surface area (Å²) < 4.78 is 18.7. The van der Waals surface area contributed by atoms with Crippen LogP contribution in [0.1, 0.15) is 62.8 Å². The van der Waals surface area contributed by atoms with Crippen LogP contribution in [0.15, 0.2) is 87.4 Å². The standard InChI is InChI=1S/C34H39BrN6O6/c1-33(2,3)47-29(43)17-19-34(32(44)40-37-20-18-23-9-13-25(35)14-10-23)30(27-7-4-5-8-28(27)39-41-36)46-31(38-34)24-11-15-26(16-12-24)45-22-6-21-42/h4-5,7-16,30,37,42H,6,17-22H2,1-3H3,(H,40,44)/t30-,34-/m0/s1. The first kappa shape index (κ1) is 35.4. The van der Waals surface area contributed by atoms with E-state index < -0.39 is 29.1 Å². The number of carbonyl (C=O) groups is 2. The van der Waals surface area contributed by atoms with Crippen molar-refractivity contribution in [2.75, 3.05) is 19.8 Å². The maximum atomic E-state index is 14.3. The Morgan fingerprint density at radius 2 is 1.83 bits per heavy atom. The summed E-state index contributed by atoms with van der Waals surface area (Å²) in [5, 5.41) is 12.9. The number of nitrogens with zero attached hydrogens (tertiary/aromatic N) is 4. The molecule has 3 aromatic rings. The van der Waals surface area contributed by atoms with Gasteiger partial charge in [0, 0.05) is 52.2 Å². The number of esters is 1. The summed E-state index contributed by atoms with van der Waals surface area (Å²) in [4.78, 5) is 35.1. The highest BCUT2D eigenvalue weighted by molar-refractivity contribution is 9.10. The third-order valence-corrected chi connectivity index (χ3v) is 7.71. The fourth-order valence-corrected chi connectivity index (χ4v) is 5.25. The highest BCUT2D eigenvalue weighted by Crippen LogP contribution is 2.46. The van der Waals surface area contributed by atoms with Gasteiger partial charge in [0.25, 0.3) is 5.91 Å². The fraction of sp³-hybridized carbons (Fsp3) is 0.382. The molecule has 0 aliphatic carbocycles. The minimum atomic E-state index is -1.66. The lowest BCUT2D eigenvalue weighted by Gasteiger charge is -2.31. The number of rotatable bonds is 15. The number of halogens is 1. The molecule has 3 N–H and O–H groups in total. The molecule has 0 fully saturated rings. The number of benzene rings is 3. The lowest BCUT2D eigenvalue weighted by molar-refractivity contribution is -0.155. The van der Waals surface area contributed by atoms with Crippen molar-refractivity contribution in [3.05, 3.63) is 104 Å². The number of azide groups is 1. The first-order valence-corrected chi connectivity index (χ1v) is 16.1. The van der Waals surface area contributed by atoms with Crippen molar-refractivity contribution in [1.82, 2.24) is 10.9 Å². The van der Waals surface area contributed by atoms with E-state index in [0.717, 1.165) is 10.0 Å². The molecular weight excluding hydrogens is 668 g/mol. The fourth-order valence-electron chi connectivity index (χ4n) is 4.99. The van der Waals surface area contributed by atoms with Crippen LogP contribution in [-0.2, 0) is 25.5 Å². The van der Waals surface area contributed by atoms with Crippen LogP contribution in [0.5, 0.6) is 5.75 Å². The molecule has 13 heteroatoms. The van der Waals surface area contributed by atoms with Crippen molar-refractivity contribution >= 4 is 39.4 Å². The Balaban J connectivity index is 1.70. The van der Waals surface area contributed by atoms with E-state index in [9.17, 15) is 15.1 Å². The second kappa shape index (κ2) is 16.4. The van der Waals surface area contributed by atoms with Crippen molar-refractivity contribution in [3.63, 3.8) is 0 Å². The maximum absolute atomic E-state index is 14.3. The van der Waals surface area contributed by atoms with Crippen molar-refractivity contribution < 1.29 is 28.9 Å². The van der Waals surface area contributed by atoms with Crippen LogP contribution in [-0.4, -0.2) is 53.8 Å². The van der Waals surface area contributed by atoms with Gasteiger partial charge in [0.05, 0.1) is 6.61 Å². The number of aliphatic imine (C=N–C) groups is 1. The maximum Gasteiger partial charge on any atom is 0.306 e. The van der Waals surface area contributed by atoms with Crippen LogP contribution in [0.3, 0.4) is 0 Å². The van der Waals surface area contributed by atoms with Crippen LogP contribution in [0, 0.1) is 0 Å². The molecule has 1 heterocycles. The molecular formula is C34H39BrN6O6. The topological polar surface area (TPSA) is 167 Å². The van der Waals surface area contributed by atoms with E-state index in [1.165, 1.54) is 0 Å². The summed E-state index contributed by atoms with van der Waals surface area (Å²) in [5.41, 5.74) is 15.1. The number of hydrogen-bond donors (Lipinski definition) is 3. The molecule has 1 aliphatic heterocycles. The Morgan fingerprint density at radius 3 is 2.51 bits per heavy atom. The summed E-state index contributed by atoms with van der Waals surface area (Å²) in [6.07, 6.45) is -0.129. The Bertz CT molecular complexity index is 1600. The predicted octanol–water partition coefficient (Wildman–Crippen LogP) is 6.39. The van der Waals surface area contributed by atoms with Crippen LogP contribution >= 0.6 is 15.9 Å². The van der Waals surface area contributed by atoms with Crippen molar-refractivity contribution in [2.24, 2.45) is 10.1 Å². The molecule has 0 bridgehead atoms. The number of hydrazine groups is 1. The number of aliphatic hydroxyl groups excluding tert-OH is 1. The van der Waals surface area contributed by atoms with Crippen LogP contribution in [0.4, 0.5) is 5.69 Å². The molecule has 12 nitrogen and oxygen atoms in total. The zero-order valence-corrected chi connectivity index (χ0v) is 28.2. The largest absolute Gasteiger partial charge is 0.494 e. The van der Waals surface area contributed by atoms with Gasteiger partial charge >= 0.3 is 5.97 Å². The molecule has 3 aromatic carbocycles. The molecule has 0 aromatic heterocycles. The monoisotopic (exact) mass is 706 g/mol. The number of ether oxygens (including phenoxy) is 3. The average Bonchev–Trinajstić information content (AvgIpc) is 3.44. The molecule has 4 rings (SSSR count). The Kier molecular flexibility index (Phi) is 12.4. The lowest BCUT2D eigenvalue weighted by atomic mass is 9.83. The van der Waals surface area contributed by atoms with Crippen molar-refractivity contribution in [3.8, 4) is 5.75 Å². The molecule has 0 unspecified atom stereocenters. The van der Waals surface area contributed by atoms with Gasteiger partial charge in [-0.05, 0) is 81.1 Å². The predicted molar refractivity (Wildman–Crippen MR) is 181 cm³/mol. The molecule has 1 amide bonds. The molecule has 248 valence electrons. The van der Waals surface area contributed by atoms with Gasteiger partial charge < -0.3 is 19.3 Å². The minimum absolute atomic E-state index is 0.0218. The summed E-state index contributed by atoms with van der Waals surface area (Å²) in [6.45, 7) is 6.11. The number of nitrogens with one attached hydrogen (secondary N) is 2. The molecule has 0 radical (unpaired) electrons. The summed E-state index contributed by atoms with van der Waals surface area (Å²) >= 11 is 3.44. The smallest absolute Gasteiger partial charge is 0.306 e. The highest BCUT2D eigenvalue weighted by atomic mass is 79.9. The van der Waals surface area contributed by atoms with Gasteiger partial charge in [0.15, 0.2) is 11.6 Å². The van der Waals surface area contributed by atoms with Gasteiger partial charge in [-0.25, -0.2) is 10.4 Å². The van der Waals surface area contributed by atoms with E-state index in [0.29, 0.717) is 42.9 Å². The lowest BCUT2D eigenvalue weighted by Crippen LogP contribution is -2.53. The second-order valence-corrected chi connectivity index (χ2v) is 12.8. The van der Waals surface area contributed by atoms with Crippen LogP contribution in [0.2, 0.25) is 0 Å². The summed E-state index contributed by atoms with van der Waals surface area (Å²) in [6, 6.07) is 21.7. The van der Waals surface area contributed by atoms with E-state index in [1.54, 1.807) is 69.3 Å². The second-order valence-electron chi connectivity index (χ2n) is 11.9. The Morgan fingerprint density at radius 1 is 1.11 bits per heavy atom. The molecule has 47 heavy (non-hydrogen) atoms. The van der Waals surface area contributed by atoms with Crippen molar-refractivity contribution in [1.29, 1.82) is 0 Å². The third kappa shape index (κ3) is 9.79. The SMILES string of the molecule is CC(C)(C)OC(=O)CC[C@]1(C(=O)NNCCc2ccc(Br)cc2)N=C(c2ccc(OCCCO)cc2)O[C@H]1c1ccccc1N=[N+]=[N-]. The average molecular weight is 708 g/mol. The molecule has 2 atom stereocenters. The zero-order valence-electron chi connectivity index (χ0n) is 26.6. The van der Waals surface area contributed by atoms with Gasteiger partial charge in [-0.15, -0.1) is 0 Å². The van der Waals surface area contributed by atoms with E-state index in [-0.39, 0.29) is 31.0 Å². The highest BCUT2D eigenvalue weighted by Gasteiger charge is 2.54. The summed E-state index contributed by atoms with van der Waals surface area (Å²) in [5.74, 6) is -0.267. The number of hydrogen-bond acceptors (Lipinski definition) is 9. The van der Waals surface area contributed by atoms with E-state index in [1.807, 2.05) is 24.3 Å². The molecule has 0 spiro atoms. The summed E-state index contributed by atoms with van der Waals surface area (Å²) in [7, 11) is 0. The quantitative estimate of drug-likeness (QED) is 0.0411. The first-order chi connectivity index (χ1) is 22.5. The number of carbonyl (C=O) groups excluding carboxylic acids is 2. The normalized spacial score (nSPS) is 17.2.